The Morgan fingerprint density at radius 1 is 0.459 bits per heavy atom. The number of para-hydroxylation sites is 2. The number of nitrogens with one attached hydrogen (secondary N) is 3. The molecule has 0 aliphatic carbocycles. The molecule has 0 bridgehead atoms. The molecule has 0 spiro atoms. The number of pyridine rings is 3. The smallest absolute Gasteiger partial charge is 0.416 e. The predicted octanol–water partition coefficient (Wildman–Crippen LogP) is 19.5. The summed E-state index contributed by atoms with van der Waals surface area (Å²) in [6.07, 6.45) is -8.22. The second-order valence-electron chi connectivity index (χ2n) is 25.1. The van der Waals surface area contributed by atoms with E-state index in [2.05, 4.69) is 68.9 Å². The van der Waals surface area contributed by atoms with Gasteiger partial charge in [-0.15, -0.1) is 0 Å². The Labute approximate surface area is 720 Å². The lowest BCUT2D eigenvalue weighted by Gasteiger charge is -2.10. The molecule has 36 heteroatoms. The van der Waals surface area contributed by atoms with E-state index in [-0.39, 0.29) is 65.6 Å². The Balaban J connectivity index is 0.000000232. The molecule has 122 heavy (non-hydrogen) atoms. The van der Waals surface area contributed by atoms with Gasteiger partial charge in [0.15, 0.2) is 0 Å². The number of halogens is 11. The molecule has 8 aromatic carbocycles. The fourth-order valence-corrected chi connectivity index (χ4v) is 12.7. The molecule has 3 amide bonds. The number of thiol groups is 1. The monoisotopic (exact) mass is 1820 g/mol. The number of nitrogens with two attached hydrogens (primary N) is 1. The summed E-state index contributed by atoms with van der Waals surface area (Å²) in [6, 6.07) is 57.2. The number of hydrogen-bond acceptors (Lipinski definition) is 19. The zero-order valence-electron chi connectivity index (χ0n) is 64.3. The van der Waals surface area contributed by atoms with E-state index < -0.39 is 69.1 Å². The second kappa shape index (κ2) is 49.3. The average molecular weight is 1830 g/mol. The number of nitrogens with zero attached hydrogens (tertiary/aromatic N) is 4. The maximum absolute atomic E-state index is 12.8. The number of methoxy groups -OCH3 is 2. The lowest BCUT2D eigenvalue weighted by molar-refractivity contribution is -0.384. The first-order chi connectivity index (χ1) is 58.0. The number of aromatic nitrogens is 3. The number of hydrogen-bond donors (Lipinski definition) is 7. The van der Waals surface area contributed by atoms with Crippen LogP contribution in [-0.2, 0) is 74.5 Å². The molecular formula is C86H75BrClF9N8O14S3. The molecule has 3 heterocycles. The minimum atomic E-state index is -4.47. The Bertz CT molecular complexity index is 5350. The van der Waals surface area contributed by atoms with E-state index in [4.69, 9.17) is 27.5 Å². The third-order valence-corrected chi connectivity index (χ3v) is 19.4. The number of carboxylic acid groups (broad SMARTS) is 2. The van der Waals surface area contributed by atoms with E-state index in [0.29, 0.717) is 96.3 Å². The summed E-state index contributed by atoms with van der Waals surface area (Å²) in [4.78, 5) is 113. The maximum Gasteiger partial charge on any atom is 0.416 e. The van der Waals surface area contributed by atoms with Crippen molar-refractivity contribution in [3.63, 3.8) is 0 Å². The molecule has 0 radical (unpaired) electrons. The summed E-state index contributed by atoms with van der Waals surface area (Å²) in [5.41, 5.74) is 11.7. The van der Waals surface area contributed by atoms with Gasteiger partial charge in [0, 0.05) is 107 Å². The van der Waals surface area contributed by atoms with Crippen LogP contribution in [0.15, 0.2) is 254 Å². The van der Waals surface area contributed by atoms with Crippen molar-refractivity contribution >= 4 is 122 Å². The van der Waals surface area contributed by atoms with Crippen LogP contribution in [0, 0.1) is 10.1 Å². The van der Waals surface area contributed by atoms with Crippen LogP contribution in [-0.4, -0.2) is 103 Å². The number of nitrogen functional groups attached to an aromatic ring is 1. The molecule has 11 rings (SSSR count). The van der Waals surface area contributed by atoms with Crippen LogP contribution >= 0.6 is 63.7 Å². The van der Waals surface area contributed by atoms with Crippen molar-refractivity contribution in [1.29, 1.82) is 0 Å². The van der Waals surface area contributed by atoms with Gasteiger partial charge in [-0.25, -0.2) is 14.6 Å². The van der Waals surface area contributed by atoms with Crippen LogP contribution < -0.4 is 21.7 Å². The third-order valence-electron chi connectivity index (χ3n) is 16.3. The van der Waals surface area contributed by atoms with Gasteiger partial charge in [0.1, 0.15) is 4.60 Å². The molecule has 0 unspecified atom stereocenters. The summed E-state index contributed by atoms with van der Waals surface area (Å²) in [6.45, 7) is -0.109. The van der Waals surface area contributed by atoms with Gasteiger partial charge >= 0.3 is 42.4 Å². The van der Waals surface area contributed by atoms with E-state index in [0.717, 1.165) is 58.8 Å². The number of alkyl halides is 9. The third kappa shape index (κ3) is 34.4. The molecule has 0 atom stereocenters. The number of ether oxygens (including phenoxy) is 2. The highest BCUT2D eigenvalue weighted by Crippen LogP contribution is 2.34. The summed E-state index contributed by atoms with van der Waals surface area (Å²) < 4.78 is 124. The van der Waals surface area contributed by atoms with Gasteiger partial charge in [-0.2, -0.15) is 75.7 Å². The molecule has 22 nitrogen and oxygen atoms in total. The van der Waals surface area contributed by atoms with Crippen molar-refractivity contribution in [3.05, 3.63) is 347 Å². The van der Waals surface area contributed by atoms with Crippen LogP contribution in [0.4, 0.5) is 50.9 Å². The van der Waals surface area contributed by atoms with Gasteiger partial charge in [0.05, 0.1) is 76.8 Å². The van der Waals surface area contributed by atoms with Crippen molar-refractivity contribution in [2.24, 2.45) is 0 Å². The molecule has 0 saturated carbocycles. The Hall–Kier alpha value is -12.4. The number of amides is 3. The standard InChI is InChI=1S/C20H14F3N3O3.C20H16F3N3O.C14H10BrF3N2O.C12H13ClO3S.C12H14O4S.C8H8O2S/c21-20(22,23)15-5-3-4-13(10-15)12-25-19(27)14-8-9-24-17(11-14)16-6-1-2-7-18(16)26(28)29;21-20(22,23)15-5-3-4-13(10-15)12-26-19(27)14-8-9-25-18(11-14)16-6-1-2-7-17(16)24;15-12-7-10(4-5-19-12)13(21)20-8-9-2-1-3-11(6-9)14(16,17)18;1-16-11(14)5-6-17-8-9-3-2-4-10(7-9)12(13)15;1-16-11(13)5-6-17-8-9-3-2-4-10(7-9)12(14)15;9-8(10)7-3-1-2-6(4-7)5-11/h1-11H,12H2,(H,25,27);1-11H,12,24H2,(H,26,27);1-7H,8H2,(H,20,21);2-4,7H,5-6,8H2,1H3;2-4,7H,5-6,8H2,1H3,(H,14,15);1-4,11H,5H2,(H,9,10). The zero-order valence-corrected chi connectivity index (χ0v) is 69.2. The molecular weight excluding hydrogens is 1750 g/mol. The lowest BCUT2D eigenvalue weighted by Crippen LogP contribution is -2.23. The molecule has 11 aromatic rings. The number of nitro groups is 1. The topological polar surface area (TPSA) is 339 Å². The second-order valence-corrected chi connectivity index (χ2v) is 28.8. The molecule has 0 saturated heterocycles. The first-order valence-electron chi connectivity index (χ1n) is 35.7. The van der Waals surface area contributed by atoms with Crippen molar-refractivity contribution in [1.82, 2.24) is 30.9 Å². The number of carbonyl (C=O) groups is 8. The zero-order chi connectivity index (χ0) is 89.5. The summed E-state index contributed by atoms with van der Waals surface area (Å²) in [5, 5.41) is 35.9. The quantitative estimate of drug-likeness (QED) is 0.00305. The minimum absolute atomic E-state index is 0.0166. The highest BCUT2D eigenvalue weighted by Gasteiger charge is 2.33. The number of anilines is 1. The number of carbonyl (C=O) groups excluding carboxylic acids is 6. The van der Waals surface area contributed by atoms with E-state index in [9.17, 15) is 88.0 Å². The highest BCUT2D eigenvalue weighted by molar-refractivity contribution is 9.10. The first-order valence-corrected chi connectivity index (χ1v) is 39.9. The Kier molecular flexibility index (Phi) is 39.8. The lowest BCUT2D eigenvalue weighted by atomic mass is 10.1. The van der Waals surface area contributed by atoms with Crippen molar-refractivity contribution in [2.75, 3.05) is 31.5 Å². The van der Waals surface area contributed by atoms with E-state index in [1.165, 1.54) is 118 Å². The van der Waals surface area contributed by atoms with Gasteiger partial charge in [0.25, 0.3) is 28.7 Å². The van der Waals surface area contributed by atoms with Crippen LogP contribution in [0.1, 0.15) is 125 Å². The fraction of sp³-hybridized carbons (Fsp3) is 0.174. The van der Waals surface area contributed by atoms with E-state index in [1.54, 1.807) is 108 Å². The van der Waals surface area contributed by atoms with Crippen LogP contribution in [0.5, 0.6) is 0 Å². The van der Waals surface area contributed by atoms with E-state index >= 15 is 0 Å². The molecule has 0 aliphatic rings. The minimum Gasteiger partial charge on any atom is -0.478 e. The SMILES string of the molecule is COC(=O)CCSCc1cccc(C(=O)Cl)c1.COC(=O)CCSCc1cccc(C(=O)O)c1.Nc1ccccc1-c1cc(C(=O)NCc2cccc(C(F)(F)F)c2)ccn1.O=C(NCc1cccc(C(F)(F)F)c1)c1ccnc(-c2ccccc2[N+](=O)[O-])c1.O=C(NCc1cccc(C(F)(F)F)c1)c1ccnc(Br)c1.O=C(O)c1cccc(CS)c1. The Morgan fingerprint density at radius 3 is 1.20 bits per heavy atom. The molecule has 638 valence electrons. The molecule has 0 fully saturated rings. The van der Waals surface area contributed by atoms with Crippen LogP contribution in [0.25, 0.3) is 22.5 Å². The van der Waals surface area contributed by atoms with E-state index in [1.807, 2.05) is 24.3 Å². The number of aromatic carboxylic acids is 2. The summed E-state index contributed by atoms with van der Waals surface area (Å²) in [5.74, 6) is -0.200. The van der Waals surface area contributed by atoms with Gasteiger partial charge in [0.2, 0.25) is 0 Å². The number of nitro benzene ring substituents is 1. The largest absolute Gasteiger partial charge is 0.478 e. The van der Waals surface area contributed by atoms with Crippen LogP contribution in [0.3, 0.4) is 0 Å². The van der Waals surface area contributed by atoms with Crippen LogP contribution in [0.2, 0.25) is 0 Å². The Morgan fingerprint density at radius 2 is 0.811 bits per heavy atom. The fourth-order valence-electron chi connectivity index (χ4n) is 10.3. The van der Waals surface area contributed by atoms with Crippen molar-refractivity contribution in [3.8, 4) is 22.5 Å². The number of rotatable bonds is 26. The maximum atomic E-state index is 12.8. The van der Waals surface area contributed by atoms with Crippen molar-refractivity contribution < 1.29 is 102 Å². The number of thioether (sulfide) groups is 2. The molecule has 3 aromatic heterocycles. The summed E-state index contributed by atoms with van der Waals surface area (Å²) >= 11 is 15.8. The number of benzene rings is 8. The molecule has 0 aliphatic heterocycles. The van der Waals surface area contributed by atoms with Crippen molar-refractivity contribution in [2.45, 2.75) is 68.3 Å². The predicted molar refractivity (Wildman–Crippen MR) is 452 cm³/mol. The summed E-state index contributed by atoms with van der Waals surface area (Å²) in [7, 11) is 2.74. The number of carboxylic acids is 2. The normalized spacial score (nSPS) is 10.7. The average Bonchev–Trinajstić information content (AvgIpc) is 0.837. The molecule has 7 N–H and O–H groups in total. The first kappa shape index (κ1) is 98.4. The van der Waals surface area contributed by atoms with Gasteiger partial charge in [-0.3, -0.25) is 48.8 Å². The number of esters is 2. The van der Waals surface area contributed by atoms with Gasteiger partial charge in [-0.05, 0) is 176 Å². The van der Waals surface area contributed by atoms with Gasteiger partial charge < -0.3 is 41.4 Å². The highest BCUT2D eigenvalue weighted by atomic mass is 79.9. The van der Waals surface area contributed by atoms with Gasteiger partial charge in [-0.1, -0.05) is 109 Å².